The van der Waals surface area contributed by atoms with E-state index in [1.807, 2.05) is 0 Å². The second kappa shape index (κ2) is 7.26. The van der Waals surface area contributed by atoms with Gasteiger partial charge >= 0.3 is 0 Å². The van der Waals surface area contributed by atoms with E-state index in [4.69, 9.17) is 23.2 Å². The molecule has 0 aliphatic carbocycles. The third-order valence-electron chi connectivity index (χ3n) is 4.39. The molecular formula is C19H13Cl2FN4O2. The van der Waals surface area contributed by atoms with Crippen molar-refractivity contribution in [3.63, 3.8) is 0 Å². The Morgan fingerprint density at radius 3 is 2.71 bits per heavy atom. The van der Waals surface area contributed by atoms with Crippen molar-refractivity contribution in [3.8, 4) is 11.1 Å². The maximum atomic E-state index is 13.2. The topological polar surface area (TPSA) is 76.0 Å². The Balaban J connectivity index is 1.67. The summed E-state index contributed by atoms with van der Waals surface area (Å²) in [4.78, 5) is 25.0. The van der Waals surface area contributed by atoms with Gasteiger partial charge in [-0.05, 0) is 29.8 Å². The number of hydrogen-bond donors (Lipinski definition) is 2. The Hall–Kier alpha value is -2.90. The summed E-state index contributed by atoms with van der Waals surface area (Å²) in [5, 5.41) is 10.2. The lowest BCUT2D eigenvalue weighted by Gasteiger charge is -2.24. The van der Waals surface area contributed by atoms with Crippen LogP contribution in [0.25, 0.3) is 11.1 Å². The van der Waals surface area contributed by atoms with Crippen LogP contribution in [-0.2, 0) is 9.59 Å². The fraction of sp³-hybridized carbons (Fsp3) is 0.105. The van der Waals surface area contributed by atoms with Crippen LogP contribution < -0.4 is 10.6 Å². The SMILES string of the molecule is O=C1CC(C(=O)Nc2cccc(Cl)c2Cl)n2ncc(-c3ccc(F)cc3)c2N1. The molecule has 28 heavy (non-hydrogen) atoms. The lowest BCUT2D eigenvalue weighted by molar-refractivity contribution is -0.125. The van der Waals surface area contributed by atoms with Gasteiger partial charge in [-0.1, -0.05) is 41.4 Å². The molecule has 0 saturated carbocycles. The zero-order valence-corrected chi connectivity index (χ0v) is 15.8. The molecule has 6 nitrogen and oxygen atoms in total. The van der Waals surface area contributed by atoms with Crippen molar-refractivity contribution >= 4 is 46.5 Å². The van der Waals surface area contributed by atoms with Crippen LogP contribution in [0.3, 0.4) is 0 Å². The molecular weight excluding hydrogens is 406 g/mol. The third kappa shape index (κ3) is 3.34. The number of rotatable bonds is 3. The van der Waals surface area contributed by atoms with Crippen molar-refractivity contribution in [1.82, 2.24) is 9.78 Å². The molecule has 1 atom stereocenters. The normalized spacial score (nSPS) is 15.7. The largest absolute Gasteiger partial charge is 0.323 e. The van der Waals surface area contributed by atoms with E-state index in [-0.39, 0.29) is 23.2 Å². The molecule has 1 aromatic heterocycles. The minimum absolute atomic E-state index is 0.0818. The minimum Gasteiger partial charge on any atom is -0.323 e. The number of halogens is 3. The number of amides is 2. The van der Waals surface area contributed by atoms with Crippen molar-refractivity contribution in [2.45, 2.75) is 12.5 Å². The van der Waals surface area contributed by atoms with Crippen LogP contribution in [0.4, 0.5) is 15.9 Å². The lowest BCUT2D eigenvalue weighted by Crippen LogP contribution is -2.35. The van der Waals surface area contributed by atoms with Gasteiger partial charge in [0.2, 0.25) is 11.8 Å². The van der Waals surface area contributed by atoms with Gasteiger partial charge in [0, 0.05) is 5.56 Å². The number of nitrogens with one attached hydrogen (secondary N) is 2. The van der Waals surface area contributed by atoms with E-state index in [9.17, 15) is 14.0 Å². The number of aromatic nitrogens is 2. The minimum atomic E-state index is -0.868. The standard InChI is InChI=1S/C19H13Cl2FN4O2/c20-13-2-1-3-14(17(13)21)24-19(28)15-8-16(27)25-18-12(9-23-26(15)18)10-4-6-11(22)7-5-10/h1-7,9,15H,8H2,(H,24,28)(H,25,27). The predicted octanol–water partition coefficient (Wildman–Crippen LogP) is 4.52. The molecule has 4 rings (SSSR count). The summed E-state index contributed by atoms with van der Waals surface area (Å²) in [6, 6.07) is 9.79. The smallest absolute Gasteiger partial charge is 0.249 e. The highest BCUT2D eigenvalue weighted by Gasteiger charge is 2.33. The Labute approximate surface area is 169 Å². The molecule has 0 saturated heterocycles. The molecule has 2 N–H and O–H groups in total. The molecule has 3 aromatic rings. The summed E-state index contributed by atoms with van der Waals surface area (Å²) < 4.78 is 14.6. The van der Waals surface area contributed by atoms with Gasteiger partial charge in [0.1, 0.15) is 17.7 Å². The van der Waals surface area contributed by atoms with Crippen LogP contribution in [0.1, 0.15) is 12.5 Å². The van der Waals surface area contributed by atoms with Gasteiger partial charge in [-0.25, -0.2) is 9.07 Å². The fourth-order valence-electron chi connectivity index (χ4n) is 3.03. The van der Waals surface area contributed by atoms with Crippen LogP contribution >= 0.6 is 23.2 Å². The molecule has 1 unspecified atom stereocenters. The van der Waals surface area contributed by atoms with E-state index in [0.29, 0.717) is 27.7 Å². The van der Waals surface area contributed by atoms with E-state index >= 15 is 0 Å². The van der Waals surface area contributed by atoms with Crippen molar-refractivity contribution in [1.29, 1.82) is 0 Å². The van der Waals surface area contributed by atoms with Gasteiger partial charge in [0.05, 0.1) is 28.4 Å². The van der Waals surface area contributed by atoms with Crippen molar-refractivity contribution in [3.05, 3.63) is 64.5 Å². The van der Waals surface area contributed by atoms with Crippen LogP contribution in [0.2, 0.25) is 10.0 Å². The number of carbonyl (C=O) groups excluding carboxylic acids is 2. The fourth-order valence-corrected chi connectivity index (χ4v) is 3.38. The van der Waals surface area contributed by atoms with Gasteiger partial charge in [-0.3, -0.25) is 9.59 Å². The quantitative estimate of drug-likeness (QED) is 0.656. The highest BCUT2D eigenvalue weighted by molar-refractivity contribution is 6.44. The molecule has 0 spiro atoms. The first kappa shape index (κ1) is 18.5. The molecule has 2 heterocycles. The summed E-state index contributed by atoms with van der Waals surface area (Å²) in [5.41, 5.74) is 1.60. The summed E-state index contributed by atoms with van der Waals surface area (Å²) in [5.74, 6) is -0.771. The molecule has 1 aliphatic rings. The van der Waals surface area contributed by atoms with Crippen LogP contribution in [0.15, 0.2) is 48.7 Å². The summed E-state index contributed by atoms with van der Waals surface area (Å²) in [6.45, 7) is 0. The molecule has 2 amide bonds. The lowest BCUT2D eigenvalue weighted by atomic mass is 10.1. The van der Waals surface area contributed by atoms with Gasteiger partial charge in [-0.15, -0.1) is 0 Å². The van der Waals surface area contributed by atoms with E-state index in [1.54, 1.807) is 30.3 Å². The van der Waals surface area contributed by atoms with Crippen molar-refractivity contribution < 1.29 is 14.0 Å². The van der Waals surface area contributed by atoms with Crippen LogP contribution in [-0.4, -0.2) is 21.6 Å². The number of carbonyl (C=O) groups is 2. The molecule has 1 aliphatic heterocycles. The number of nitrogens with zero attached hydrogens (tertiary/aromatic N) is 2. The Kier molecular flexibility index (Phi) is 4.78. The van der Waals surface area contributed by atoms with Gasteiger partial charge in [0.25, 0.3) is 0 Å². The summed E-state index contributed by atoms with van der Waals surface area (Å²) in [7, 11) is 0. The molecule has 2 aromatic carbocycles. The first-order valence-electron chi connectivity index (χ1n) is 8.32. The molecule has 0 fully saturated rings. The number of anilines is 2. The zero-order chi connectivity index (χ0) is 19.8. The molecule has 9 heteroatoms. The van der Waals surface area contributed by atoms with Crippen molar-refractivity contribution in [2.24, 2.45) is 0 Å². The average Bonchev–Trinajstić information content (AvgIpc) is 3.09. The van der Waals surface area contributed by atoms with Gasteiger partial charge < -0.3 is 10.6 Å². The first-order valence-corrected chi connectivity index (χ1v) is 9.08. The second-order valence-corrected chi connectivity index (χ2v) is 7.00. The summed E-state index contributed by atoms with van der Waals surface area (Å²) >= 11 is 12.1. The van der Waals surface area contributed by atoms with E-state index in [2.05, 4.69) is 15.7 Å². The molecule has 0 radical (unpaired) electrons. The van der Waals surface area contributed by atoms with Crippen LogP contribution in [0, 0.1) is 5.82 Å². The monoisotopic (exact) mass is 418 g/mol. The highest BCUT2D eigenvalue weighted by atomic mass is 35.5. The maximum absolute atomic E-state index is 13.2. The first-order chi connectivity index (χ1) is 13.4. The Morgan fingerprint density at radius 2 is 1.96 bits per heavy atom. The van der Waals surface area contributed by atoms with E-state index in [1.165, 1.54) is 23.0 Å². The van der Waals surface area contributed by atoms with Crippen LogP contribution in [0.5, 0.6) is 0 Å². The van der Waals surface area contributed by atoms with Gasteiger partial charge in [0.15, 0.2) is 0 Å². The zero-order valence-electron chi connectivity index (χ0n) is 14.2. The number of fused-ring (bicyclic) bond motifs is 1. The summed E-state index contributed by atoms with van der Waals surface area (Å²) in [6.07, 6.45) is 1.45. The highest BCUT2D eigenvalue weighted by Crippen LogP contribution is 2.35. The Morgan fingerprint density at radius 1 is 1.21 bits per heavy atom. The van der Waals surface area contributed by atoms with Gasteiger partial charge in [-0.2, -0.15) is 5.10 Å². The second-order valence-electron chi connectivity index (χ2n) is 6.22. The third-order valence-corrected chi connectivity index (χ3v) is 5.21. The molecule has 0 bridgehead atoms. The maximum Gasteiger partial charge on any atom is 0.249 e. The predicted molar refractivity (Wildman–Crippen MR) is 105 cm³/mol. The van der Waals surface area contributed by atoms with E-state index < -0.39 is 11.9 Å². The average molecular weight is 419 g/mol. The Bertz CT molecular complexity index is 1080. The van der Waals surface area contributed by atoms with E-state index in [0.717, 1.165) is 0 Å². The number of hydrogen-bond acceptors (Lipinski definition) is 3. The van der Waals surface area contributed by atoms with Crippen molar-refractivity contribution in [2.75, 3.05) is 10.6 Å². The number of benzene rings is 2. The molecule has 142 valence electrons.